The number of rotatable bonds is 8. The van der Waals surface area contributed by atoms with Gasteiger partial charge in [-0.05, 0) is 65.4 Å². The highest BCUT2D eigenvalue weighted by Crippen LogP contribution is 2.32. The normalized spacial score (nSPS) is 15.6. The first kappa shape index (κ1) is 23.8. The van der Waals surface area contributed by atoms with Crippen LogP contribution in [0.15, 0.2) is 84.5 Å². The van der Waals surface area contributed by atoms with Crippen LogP contribution in [0, 0.1) is 0 Å². The Bertz CT molecular complexity index is 1260. The molecule has 0 spiro atoms. The van der Waals surface area contributed by atoms with Gasteiger partial charge in [0.2, 0.25) is 0 Å². The minimum Gasteiger partial charge on any atom is -0.380 e. The Balaban J connectivity index is 1.19. The number of nitrogens with one attached hydrogen (secondary N) is 3. The van der Waals surface area contributed by atoms with Crippen LogP contribution in [0.25, 0.3) is 10.4 Å². The number of nitrogens with zero attached hydrogens (tertiary/aromatic N) is 2. The number of aromatic nitrogens is 1. The van der Waals surface area contributed by atoms with Gasteiger partial charge in [0, 0.05) is 48.5 Å². The van der Waals surface area contributed by atoms with Crippen molar-refractivity contribution in [3.63, 3.8) is 0 Å². The minimum absolute atomic E-state index is 0.116. The fraction of sp³-hybridized carbons (Fsp3) is 0.185. The maximum atomic E-state index is 13.0. The molecule has 2 aromatic heterocycles. The van der Waals surface area contributed by atoms with Crippen LogP contribution >= 0.6 is 34.2 Å². The van der Waals surface area contributed by atoms with Crippen LogP contribution in [0.1, 0.15) is 22.3 Å². The van der Waals surface area contributed by atoms with E-state index in [2.05, 4.69) is 82.6 Å². The summed E-state index contributed by atoms with van der Waals surface area (Å²) in [6, 6.07) is 22.5. The van der Waals surface area contributed by atoms with E-state index in [9.17, 15) is 4.79 Å². The van der Waals surface area contributed by atoms with Crippen LogP contribution in [0.3, 0.4) is 0 Å². The van der Waals surface area contributed by atoms with E-state index in [0.29, 0.717) is 11.6 Å². The van der Waals surface area contributed by atoms with Crippen molar-refractivity contribution in [1.82, 2.24) is 9.88 Å². The molecule has 1 fully saturated rings. The van der Waals surface area contributed by atoms with Crippen molar-refractivity contribution < 1.29 is 4.79 Å². The number of amides is 1. The average Bonchev–Trinajstić information content (AvgIpc) is 3.58. The first-order chi connectivity index (χ1) is 17.2. The lowest BCUT2D eigenvalue weighted by Crippen LogP contribution is -2.26. The molecule has 1 saturated heterocycles. The summed E-state index contributed by atoms with van der Waals surface area (Å²) in [6.45, 7) is 2.91. The van der Waals surface area contributed by atoms with Gasteiger partial charge in [0.15, 0.2) is 0 Å². The summed E-state index contributed by atoms with van der Waals surface area (Å²) in [4.78, 5) is 20.8. The molecule has 1 atom stereocenters. The predicted molar refractivity (Wildman–Crippen MR) is 153 cm³/mol. The smallest absolute Gasteiger partial charge is 0.255 e. The lowest BCUT2D eigenvalue weighted by Gasteiger charge is -2.17. The van der Waals surface area contributed by atoms with Crippen molar-refractivity contribution in [3.05, 3.63) is 95.6 Å². The maximum Gasteiger partial charge on any atom is 0.255 e. The van der Waals surface area contributed by atoms with Gasteiger partial charge in [-0.15, -0.1) is 11.3 Å². The SMILES string of the molecule is O=C(Nc1cc(-c2cccs2)ccc1NI)c1ccc(CN2CCC(Nc3cccnc3)C2)cc1. The average molecular weight is 596 g/mol. The Morgan fingerprint density at radius 1 is 1.09 bits per heavy atom. The van der Waals surface area contributed by atoms with Gasteiger partial charge in [0.25, 0.3) is 5.91 Å². The topological polar surface area (TPSA) is 69.3 Å². The summed E-state index contributed by atoms with van der Waals surface area (Å²) in [7, 11) is 0. The molecule has 35 heavy (non-hydrogen) atoms. The van der Waals surface area contributed by atoms with E-state index in [-0.39, 0.29) is 5.91 Å². The Hall–Kier alpha value is -2.95. The van der Waals surface area contributed by atoms with Crippen molar-refractivity contribution in [2.45, 2.75) is 19.0 Å². The van der Waals surface area contributed by atoms with Crippen LogP contribution in [0.5, 0.6) is 0 Å². The monoisotopic (exact) mass is 595 g/mol. The van der Waals surface area contributed by atoms with Crippen LogP contribution in [0.4, 0.5) is 17.1 Å². The minimum atomic E-state index is -0.116. The number of hydrogen-bond acceptors (Lipinski definition) is 6. The van der Waals surface area contributed by atoms with E-state index in [1.165, 1.54) is 10.4 Å². The molecule has 6 nitrogen and oxygen atoms in total. The van der Waals surface area contributed by atoms with Gasteiger partial charge >= 0.3 is 0 Å². The first-order valence-corrected chi connectivity index (χ1v) is 13.5. The largest absolute Gasteiger partial charge is 0.380 e. The number of likely N-dealkylation sites (tertiary alicyclic amines) is 1. The van der Waals surface area contributed by atoms with Gasteiger partial charge < -0.3 is 14.2 Å². The molecule has 0 bridgehead atoms. The second-order valence-corrected chi connectivity index (χ2v) is 10.1. The number of benzene rings is 2. The van der Waals surface area contributed by atoms with E-state index in [4.69, 9.17) is 0 Å². The Labute approximate surface area is 223 Å². The third-order valence-corrected chi connectivity index (χ3v) is 7.60. The highest BCUT2D eigenvalue weighted by molar-refractivity contribution is 14.1. The number of pyridine rings is 1. The predicted octanol–water partition coefficient (Wildman–Crippen LogP) is 6.51. The van der Waals surface area contributed by atoms with Crippen LogP contribution < -0.4 is 14.2 Å². The molecule has 1 aliphatic rings. The molecular weight excluding hydrogens is 569 g/mol. The zero-order chi connectivity index (χ0) is 24.0. The third kappa shape index (κ3) is 6.01. The zero-order valence-electron chi connectivity index (χ0n) is 19.1. The Morgan fingerprint density at radius 2 is 1.97 bits per heavy atom. The van der Waals surface area contributed by atoms with Crippen molar-refractivity contribution >= 4 is 57.2 Å². The fourth-order valence-electron chi connectivity index (χ4n) is 4.32. The van der Waals surface area contributed by atoms with Gasteiger partial charge in [-0.3, -0.25) is 14.7 Å². The molecule has 1 unspecified atom stereocenters. The summed E-state index contributed by atoms with van der Waals surface area (Å²) in [5.74, 6) is -0.116. The van der Waals surface area contributed by atoms with E-state index in [1.807, 2.05) is 42.6 Å². The van der Waals surface area contributed by atoms with E-state index in [0.717, 1.165) is 48.7 Å². The van der Waals surface area contributed by atoms with Gasteiger partial charge in [-0.2, -0.15) is 0 Å². The molecule has 0 aliphatic carbocycles. The van der Waals surface area contributed by atoms with Crippen LogP contribution in [0.2, 0.25) is 0 Å². The number of carbonyl (C=O) groups excluding carboxylic acids is 1. The lowest BCUT2D eigenvalue weighted by molar-refractivity contribution is 0.102. The first-order valence-electron chi connectivity index (χ1n) is 11.5. The molecule has 178 valence electrons. The van der Waals surface area contributed by atoms with Crippen LogP contribution in [-0.2, 0) is 6.54 Å². The molecule has 1 amide bonds. The summed E-state index contributed by atoms with van der Waals surface area (Å²) >= 11 is 3.77. The summed E-state index contributed by atoms with van der Waals surface area (Å²) < 4.78 is 3.14. The quantitative estimate of drug-likeness (QED) is 0.160. The van der Waals surface area contributed by atoms with Crippen molar-refractivity contribution in [3.8, 4) is 10.4 Å². The summed E-state index contributed by atoms with van der Waals surface area (Å²) in [6.07, 6.45) is 4.76. The standard InChI is InChI=1S/C27H26IN5OS/c28-32-24-10-9-21(26-4-2-14-35-26)15-25(24)31-27(34)20-7-5-19(6-8-20)17-33-13-11-23(18-33)30-22-3-1-12-29-16-22/h1-10,12,14-16,23,30,32H,11,13,17-18H2,(H,31,34). The Morgan fingerprint density at radius 3 is 2.71 bits per heavy atom. The zero-order valence-corrected chi connectivity index (χ0v) is 22.1. The highest BCUT2D eigenvalue weighted by atomic mass is 127. The molecule has 3 N–H and O–H groups in total. The molecule has 0 radical (unpaired) electrons. The fourth-order valence-corrected chi connectivity index (χ4v) is 5.51. The van der Waals surface area contributed by atoms with E-state index >= 15 is 0 Å². The van der Waals surface area contributed by atoms with E-state index < -0.39 is 0 Å². The van der Waals surface area contributed by atoms with E-state index in [1.54, 1.807) is 17.5 Å². The maximum absolute atomic E-state index is 13.0. The van der Waals surface area contributed by atoms with Gasteiger partial charge in [0.1, 0.15) is 0 Å². The molecule has 5 rings (SSSR count). The van der Waals surface area contributed by atoms with Crippen molar-refractivity contribution in [1.29, 1.82) is 0 Å². The van der Waals surface area contributed by atoms with Gasteiger partial charge in [0.05, 0.1) is 39.9 Å². The molecule has 4 aromatic rings. The number of halogens is 1. The molecule has 3 heterocycles. The molecule has 0 saturated carbocycles. The van der Waals surface area contributed by atoms with Crippen molar-refractivity contribution in [2.24, 2.45) is 0 Å². The Kier molecular flexibility index (Phi) is 7.60. The molecule has 2 aromatic carbocycles. The molecular formula is C27H26IN5OS. The third-order valence-electron chi connectivity index (χ3n) is 6.10. The van der Waals surface area contributed by atoms with Crippen LogP contribution in [-0.4, -0.2) is 34.9 Å². The molecule has 8 heteroatoms. The number of thiophene rings is 1. The second kappa shape index (κ2) is 11.2. The lowest BCUT2D eigenvalue weighted by atomic mass is 10.1. The summed E-state index contributed by atoms with van der Waals surface area (Å²) in [5, 5.41) is 8.69. The van der Waals surface area contributed by atoms with Gasteiger partial charge in [-0.25, -0.2) is 0 Å². The number of carbonyl (C=O) groups is 1. The molecule has 1 aliphatic heterocycles. The second-order valence-electron chi connectivity index (χ2n) is 8.59. The van der Waals surface area contributed by atoms with Gasteiger partial charge in [-0.1, -0.05) is 24.3 Å². The highest BCUT2D eigenvalue weighted by Gasteiger charge is 2.22. The van der Waals surface area contributed by atoms with Crippen molar-refractivity contribution in [2.75, 3.05) is 27.3 Å². The number of anilines is 3. The summed E-state index contributed by atoms with van der Waals surface area (Å²) in [5.41, 5.74) is 5.65. The number of hydrogen-bond donors (Lipinski definition) is 3.